The molecule has 0 aromatic heterocycles. The molecule has 1 aliphatic rings. The molecule has 0 radical (unpaired) electrons. The average Bonchev–Trinajstić information content (AvgIpc) is 1.98. The fourth-order valence-corrected chi connectivity index (χ4v) is 0.455. The first-order valence-electron chi connectivity index (χ1n) is 2.10. The zero-order valence-electron chi connectivity index (χ0n) is 4.12. The first kappa shape index (κ1) is 6.26. The van der Waals surface area contributed by atoms with Crippen LogP contribution in [-0.4, -0.2) is 18.3 Å². The molecule has 0 aliphatic carbocycles. The maximum atomic E-state index is 11.8. The molecule has 1 rings (SSSR count). The van der Waals surface area contributed by atoms with Gasteiger partial charge in [-0.1, -0.05) is 0 Å². The number of carbonyl (C=O) groups is 1. The van der Waals surface area contributed by atoms with Gasteiger partial charge in [0.2, 0.25) is 0 Å². The van der Waals surface area contributed by atoms with E-state index < -0.39 is 23.1 Å². The second-order valence-corrected chi connectivity index (χ2v) is 1.48. The third kappa shape index (κ3) is 0.821. The topological polar surface area (TPSA) is 17.1 Å². The first-order valence-corrected chi connectivity index (χ1v) is 2.10. The number of halogens is 3. The fourth-order valence-electron chi connectivity index (χ4n) is 0.455. The summed E-state index contributed by atoms with van der Waals surface area (Å²) in [6, 6.07) is 0. The van der Waals surface area contributed by atoms with E-state index in [0.29, 0.717) is 0 Å². The Morgan fingerprint density at radius 2 is 1.67 bits per heavy atom. The van der Waals surface area contributed by atoms with E-state index in [1.54, 1.807) is 0 Å². The van der Waals surface area contributed by atoms with E-state index in [9.17, 15) is 18.0 Å². The molecule has 0 fully saturated rings. The van der Waals surface area contributed by atoms with Crippen molar-refractivity contribution < 1.29 is 18.0 Å². The third-order valence-electron chi connectivity index (χ3n) is 0.877. The zero-order chi connectivity index (χ0) is 7.02. The van der Waals surface area contributed by atoms with Crippen LogP contribution >= 0.6 is 0 Å². The van der Waals surface area contributed by atoms with Crippen LogP contribution < -0.4 is 0 Å². The van der Waals surface area contributed by atoms with Crippen LogP contribution in [0.15, 0.2) is 11.7 Å². The number of carbonyl (C=O) groups excluding carboxylic acids is 1. The second-order valence-electron chi connectivity index (χ2n) is 1.48. The van der Waals surface area contributed by atoms with Gasteiger partial charge in [-0.25, -0.2) is 0 Å². The quantitative estimate of drug-likeness (QED) is 0.438. The molecule has 9 heavy (non-hydrogen) atoms. The van der Waals surface area contributed by atoms with Crippen molar-refractivity contribution in [2.45, 2.75) is 0 Å². The summed E-state index contributed by atoms with van der Waals surface area (Å²) in [7, 11) is 0. The predicted molar refractivity (Wildman–Crippen MR) is 26.1 cm³/mol. The van der Waals surface area contributed by atoms with Crippen LogP contribution in [0.5, 0.6) is 0 Å². The van der Waals surface area contributed by atoms with Crippen LogP contribution in [-0.2, 0) is 4.79 Å². The molecule has 1 aliphatic heterocycles. The molecule has 0 amide bonds. The standard InChI is InChI=1S/C4BF3O/c6-1-2(7)4(9)5-3(1)8. The maximum absolute atomic E-state index is 11.8. The monoisotopic (exact) mass is 132 g/mol. The van der Waals surface area contributed by atoms with Crippen LogP contribution in [0.2, 0.25) is 0 Å². The molecule has 0 saturated carbocycles. The van der Waals surface area contributed by atoms with E-state index >= 15 is 0 Å². The molecule has 0 aromatic rings. The Morgan fingerprint density at radius 1 is 1.11 bits per heavy atom. The number of allylic oxidation sites excluding steroid dienone is 2. The summed E-state index contributed by atoms with van der Waals surface area (Å²) in [6.45, 7) is 0.269. The minimum absolute atomic E-state index is 0.269. The Hall–Kier alpha value is -0.865. The summed E-state index contributed by atoms with van der Waals surface area (Å²) in [5.74, 6) is -3.34. The van der Waals surface area contributed by atoms with Gasteiger partial charge in [0.15, 0.2) is 0 Å². The molecule has 1 heterocycles. The van der Waals surface area contributed by atoms with Gasteiger partial charge < -0.3 is 0 Å². The van der Waals surface area contributed by atoms with Crippen molar-refractivity contribution in [3.05, 3.63) is 11.7 Å². The Balaban J connectivity index is 3.11. The molecule has 0 aromatic carbocycles. The van der Waals surface area contributed by atoms with E-state index in [1.807, 2.05) is 0 Å². The summed E-state index contributed by atoms with van der Waals surface area (Å²) in [5.41, 5.74) is -2.68. The third-order valence-corrected chi connectivity index (χ3v) is 0.877. The van der Waals surface area contributed by atoms with Gasteiger partial charge in [-0.3, -0.25) is 0 Å². The van der Waals surface area contributed by atoms with Gasteiger partial charge in [0, 0.05) is 0 Å². The van der Waals surface area contributed by atoms with E-state index in [2.05, 4.69) is 0 Å². The predicted octanol–water partition coefficient (Wildman–Crippen LogP) is 0.481. The molecule has 0 unspecified atom stereocenters. The van der Waals surface area contributed by atoms with E-state index in [0.717, 1.165) is 0 Å². The van der Waals surface area contributed by atoms with Crippen molar-refractivity contribution in [1.29, 1.82) is 0 Å². The molecular weight excluding hydrogens is 132 g/mol. The Bertz CT molecular complexity index is 230. The van der Waals surface area contributed by atoms with Crippen LogP contribution in [0.3, 0.4) is 0 Å². The summed E-state index contributed by atoms with van der Waals surface area (Å²) in [5, 5.41) is 0. The van der Waals surface area contributed by atoms with Crippen molar-refractivity contribution in [1.82, 2.24) is 0 Å². The molecule has 0 saturated heterocycles. The van der Waals surface area contributed by atoms with E-state index in [4.69, 9.17) is 0 Å². The summed E-state index contributed by atoms with van der Waals surface area (Å²) >= 11 is 0. The van der Waals surface area contributed by atoms with Crippen molar-refractivity contribution in [3.8, 4) is 0 Å². The molecular formula is C4BF3O. The average molecular weight is 132 g/mol. The van der Waals surface area contributed by atoms with Crippen molar-refractivity contribution in [2.75, 3.05) is 0 Å². The number of hydrogen-bond acceptors (Lipinski definition) is 1. The van der Waals surface area contributed by atoms with Gasteiger partial charge in [0.25, 0.3) is 0 Å². The van der Waals surface area contributed by atoms with Gasteiger partial charge in [0.05, 0.1) is 0 Å². The fraction of sp³-hybridized carbons (Fsp3) is 0. The first-order chi connectivity index (χ1) is 4.13. The molecule has 0 N–H and O–H groups in total. The minimum atomic E-state index is -1.69. The molecule has 5 heteroatoms. The molecule has 0 spiro atoms. The van der Waals surface area contributed by atoms with Gasteiger partial charge in [-0.05, 0) is 0 Å². The van der Waals surface area contributed by atoms with Gasteiger partial charge in [0.1, 0.15) is 0 Å². The summed E-state index contributed by atoms with van der Waals surface area (Å²) < 4.78 is 35.4. The van der Waals surface area contributed by atoms with Crippen molar-refractivity contribution in [3.63, 3.8) is 0 Å². The zero-order valence-corrected chi connectivity index (χ0v) is 4.12. The second kappa shape index (κ2) is 1.82. The van der Waals surface area contributed by atoms with E-state index in [-0.39, 0.29) is 6.92 Å². The van der Waals surface area contributed by atoms with E-state index in [1.165, 1.54) is 0 Å². The summed E-state index contributed by atoms with van der Waals surface area (Å²) in [6.07, 6.45) is 0. The summed E-state index contributed by atoms with van der Waals surface area (Å²) in [4.78, 5) is 10.0. The number of rotatable bonds is 0. The molecule has 1 nitrogen and oxygen atoms in total. The van der Waals surface area contributed by atoms with Gasteiger partial charge >= 0.3 is 47.9 Å². The van der Waals surface area contributed by atoms with Crippen molar-refractivity contribution in [2.24, 2.45) is 0 Å². The van der Waals surface area contributed by atoms with Gasteiger partial charge in [-0.2, -0.15) is 0 Å². The Kier molecular flexibility index (Phi) is 1.27. The van der Waals surface area contributed by atoms with Gasteiger partial charge in [-0.15, -0.1) is 0 Å². The SMILES string of the molecule is O=C1B=C(F)C(F)=C1F. The molecule has 0 bridgehead atoms. The van der Waals surface area contributed by atoms with Crippen LogP contribution in [0.4, 0.5) is 13.2 Å². The molecule has 0 atom stereocenters. The number of hydrogen-bond donors (Lipinski definition) is 0. The Morgan fingerprint density at radius 3 is 1.78 bits per heavy atom. The van der Waals surface area contributed by atoms with Crippen LogP contribution in [0, 0.1) is 0 Å². The Labute approximate surface area is 49.1 Å². The van der Waals surface area contributed by atoms with Crippen molar-refractivity contribution >= 4 is 18.3 Å². The van der Waals surface area contributed by atoms with Crippen LogP contribution in [0.1, 0.15) is 0 Å². The van der Waals surface area contributed by atoms with Crippen LogP contribution in [0.25, 0.3) is 0 Å². The molecule has 46 valence electrons. The normalized spacial score (nSPS) is 18.1.